The SMILES string of the molecule is C=C(C)C(=O)O[CH]C[O]. The van der Waals surface area contributed by atoms with Gasteiger partial charge in [-0.25, -0.2) is 9.90 Å². The van der Waals surface area contributed by atoms with E-state index in [0.717, 1.165) is 6.61 Å². The second-order valence-corrected chi connectivity index (χ2v) is 1.52. The van der Waals surface area contributed by atoms with Crippen molar-refractivity contribution in [3.8, 4) is 0 Å². The van der Waals surface area contributed by atoms with Gasteiger partial charge in [-0.15, -0.1) is 0 Å². The van der Waals surface area contributed by atoms with Gasteiger partial charge in [0.05, 0.1) is 0 Å². The minimum Gasteiger partial charge on any atom is -0.452 e. The zero-order valence-electron chi connectivity index (χ0n) is 5.22. The van der Waals surface area contributed by atoms with Gasteiger partial charge in [0.25, 0.3) is 0 Å². The number of ether oxygens (including phenoxy) is 1. The van der Waals surface area contributed by atoms with Crippen LogP contribution in [0.15, 0.2) is 12.2 Å². The second-order valence-electron chi connectivity index (χ2n) is 1.52. The summed E-state index contributed by atoms with van der Waals surface area (Å²) in [4.78, 5) is 10.4. The molecule has 2 radical (unpaired) electrons. The van der Waals surface area contributed by atoms with Crippen LogP contribution in [0.5, 0.6) is 0 Å². The summed E-state index contributed by atoms with van der Waals surface area (Å²) in [6, 6.07) is 0. The summed E-state index contributed by atoms with van der Waals surface area (Å²) in [5.41, 5.74) is 0.291. The Morgan fingerprint density at radius 3 is 2.67 bits per heavy atom. The van der Waals surface area contributed by atoms with E-state index >= 15 is 0 Å². The Hall–Kier alpha value is -0.830. The smallest absolute Gasteiger partial charge is 0.333 e. The fourth-order valence-electron chi connectivity index (χ4n) is 0.210. The van der Waals surface area contributed by atoms with E-state index in [9.17, 15) is 9.90 Å². The molecule has 0 bridgehead atoms. The molecule has 0 saturated heterocycles. The first-order valence-corrected chi connectivity index (χ1v) is 2.44. The molecular weight excluding hydrogens is 120 g/mol. The van der Waals surface area contributed by atoms with Crippen molar-refractivity contribution in [3.63, 3.8) is 0 Å². The fourth-order valence-corrected chi connectivity index (χ4v) is 0.210. The topological polar surface area (TPSA) is 46.2 Å². The van der Waals surface area contributed by atoms with Crippen LogP contribution in [0.4, 0.5) is 0 Å². The summed E-state index contributed by atoms with van der Waals surface area (Å²) in [5.74, 6) is -0.550. The van der Waals surface area contributed by atoms with Crippen LogP contribution in [-0.2, 0) is 14.6 Å². The molecule has 0 saturated carbocycles. The summed E-state index contributed by atoms with van der Waals surface area (Å²) < 4.78 is 4.28. The molecule has 3 nitrogen and oxygen atoms in total. The van der Waals surface area contributed by atoms with Gasteiger partial charge >= 0.3 is 5.97 Å². The molecule has 0 aromatic rings. The van der Waals surface area contributed by atoms with E-state index in [1.165, 1.54) is 6.92 Å². The van der Waals surface area contributed by atoms with Crippen LogP contribution in [-0.4, -0.2) is 12.6 Å². The Morgan fingerprint density at radius 2 is 2.33 bits per heavy atom. The maximum absolute atomic E-state index is 10.4. The number of rotatable bonds is 3. The molecule has 0 spiro atoms. The van der Waals surface area contributed by atoms with Crippen molar-refractivity contribution >= 4 is 5.97 Å². The van der Waals surface area contributed by atoms with Gasteiger partial charge in [0.2, 0.25) is 0 Å². The van der Waals surface area contributed by atoms with Crippen molar-refractivity contribution in [1.82, 2.24) is 0 Å². The Kier molecular flexibility index (Phi) is 3.71. The van der Waals surface area contributed by atoms with Gasteiger partial charge in [0, 0.05) is 5.57 Å². The Labute approximate surface area is 53.9 Å². The fraction of sp³-hybridized carbons (Fsp3) is 0.333. The quantitative estimate of drug-likeness (QED) is 0.415. The first kappa shape index (κ1) is 8.17. The van der Waals surface area contributed by atoms with Crippen LogP contribution in [0.2, 0.25) is 0 Å². The lowest BCUT2D eigenvalue weighted by Crippen LogP contribution is -2.03. The molecule has 0 heterocycles. The molecule has 0 fully saturated rings. The van der Waals surface area contributed by atoms with E-state index in [0.29, 0.717) is 5.57 Å². The molecule has 0 aromatic carbocycles. The van der Waals surface area contributed by atoms with Gasteiger partial charge < -0.3 is 4.74 Å². The molecule has 0 atom stereocenters. The lowest BCUT2D eigenvalue weighted by Gasteiger charge is -1.97. The van der Waals surface area contributed by atoms with Crippen LogP contribution in [0, 0.1) is 6.61 Å². The van der Waals surface area contributed by atoms with E-state index in [-0.39, 0.29) is 0 Å². The largest absolute Gasteiger partial charge is 0.452 e. The van der Waals surface area contributed by atoms with Gasteiger partial charge in [-0.05, 0) is 6.92 Å². The van der Waals surface area contributed by atoms with E-state index in [1.54, 1.807) is 0 Å². The predicted molar refractivity (Wildman–Crippen MR) is 30.8 cm³/mol. The number of esters is 1. The Morgan fingerprint density at radius 1 is 1.78 bits per heavy atom. The van der Waals surface area contributed by atoms with Crippen molar-refractivity contribution in [2.24, 2.45) is 0 Å². The molecule has 0 amide bonds. The van der Waals surface area contributed by atoms with Gasteiger partial charge in [0.1, 0.15) is 6.61 Å². The van der Waals surface area contributed by atoms with Crippen LogP contribution in [0.1, 0.15) is 6.92 Å². The molecule has 9 heavy (non-hydrogen) atoms. The standard InChI is InChI=1S/C6H8O3/c1-5(2)6(8)9-4-3-7/h4H,1,3H2,2H3. The molecule has 0 aliphatic heterocycles. The third-order valence-corrected chi connectivity index (χ3v) is 0.607. The third kappa shape index (κ3) is 3.73. The maximum atomic E-state index is 10.4. The molecule has 0 unspecified atom stereocenters. The molecule has 0 aromatic heterocycles. The number of hydrogen-bond acceptors (Lipinski definition) is 2. The van der Waals surface area contributed by atoms with Crippen LogP contribution in [0.3, 0.4) is 0 Å². The minimum atomic E-state index is -0.550. The van der Waals surface area contributed by atoms with E-state index in [1.807, 2.05) is 0 Å². The summed E-state index contributed by atoms with van der Waals surface area (Å²) in [6.07, 6.45) is 0. The zero-order chi connectivity index (χ0) is 7.28. The number of hydrogen-bond donors (Lipinski definition) is 0. The first-order valence-electron chi connectivity index (χ1n) is 2.44. The van der Waals surface area contributed by atoms with Gasteiger partial charge in [-0.3, -0.25) is 0 Å². The Bertz CT molecular complexity index is 117. The van der Waals surface area contributed by atoms with Crippen molar-refractivity contribution in [2.45, 2.75) is 6.92 Å². The van der Waals surface area contributed by atoms with Crippen molar-refractivity contribution in [3.05, 3.63) is 18.8 Å². The van der Waals surface area contributed by atoms with Crippen molar-refractivity contribution < 1.29 is 14.6 Å². The molecule has 50 valence electrons. The number of carbonyl (C=O) groups excluding carboxylic acids is 1. The summed E-state index contributed by atoms with van der Waals surface area (Å²) in [7, 11) is 0. The average Bonchev–Trinajstić information content (AvgIpc) is 1.82. The van der Waals surface area contributed by atoms with Crippen LogP contribution < -0.4 is 0 Å². The van der Waals surface area contributed by atoms with E-state index in [2.05, 4.69) is 11.3 Å². The molecule has 0 aliphatic carbocycles. The maximum Gasteiger partial charge on any atom is 0.333 e. The monoisotopic (exact) mass is 128 g/mol. The zero-order valence-corrected chi connectivity index (χ0v) is 5.22. The van der Waals surface area contributed by atoms with Gasteiger partial charge in [-0.2, -0.15) is 0 Å². The van der Waals surface area contributed by atoms with E-state index < -0.39 is 12.6 Å². The highest BCUT2D eigenvalue weighted by Gasteiger charge is 2.00. The third-order valence-electron chi connectivity index (χ3n) is 0.607. The van der Waals surface area contributed by atoms with E-state index in [4.69, 9.17) is 0 Å². The van der Waals surface area contributed by atoms with Gasteiger partial charge in [-0.1, -0.05) is 6.58 Å². The summed E-state index contributed by atoms with van der Waals surface area (Å²) >= 11 is 0. The van der Waals surface area contributed by atoms with Crippen LogP contribution >= 0.6 is 0 Å². The normalized spacial score (nSPS) is 8.67. The lowest BCUT2D eigenvalue weighted by atomic mass is 10.4. The molecule has 0 rings (SSSR count). The highest BCUT2D eigenvalue weighted by Crippen LogP contribution is 1.92. The number of carbonyl (C=O) groups is 1. The molecular formula is C6H8O3. The summed E-state index contributed by atoms with van der Waals surface area (Å²) in [5, 5.41) is 9.69. The van der Waals surface area contributed by atoms with Crippen molar-refractivity contribution in [2.75, 3.05) is 6.61 Å². The average molecular weight is 128 g/mol. The summed E-state index contributed by atoms with van der Waals surface area (Å²) in [6.45, 7) is 5.21. The molecule has 0 N–H and O–H groups in total. The first-order chi connectivity index (χ1) is 4.18. The Balaban J connectivity index is 3.39. The predicted octanol–water partition coefficient (Wildman–Crippen LogP) is 0.698. The van der Waals surface area contributed by atoms with Gasteiger partial charge in [0.15, 0.2) is 6.61 Å². The highest BCUT2D eigenvalue weighted by molar-refractivity contribution is 5.87. The highest BCUT2D eigenvalue weighted by atomic mass is 16.5. The minimum absolute atomic E-state index is 0.291. The van der Waals surface area contributed by atoms with Crippen LogP contribution in [0.25, 0.3) is 0 Å². The van der Waals surface area contributed by atoms with Crippen molar-refractivity contribution in [1.29, 1.82) is 0 Å². The molecule has 0 aliphatic rings. The lowest BCUT2D eigenvalue weighted by molar-refractivity contribution is -0.136. The molecule has 3 heteroatoms. The second kappa shape index (κ2) is 4.09.